The van der Waals surface area contributed by atoms with Crippen molar-refractivity contribution in [1.29, 1.82) is 0 Å². The second kappa shape index (κ2) is 14.0. The summed E-state index contributed by atoms with van der Waals surface area (Å²) in [5, 5.41) is 6.97. The molecule has 0 spiro atoms. The van der Waals surface area contributed by atoms with Crippen molar-refractivity contribution < 1.29 is 14.1 Å². The van der Waals surface area contributed by atoms with Crippen LogP contribution in [0.15, 0.2) is 39.7 Å². The van der Waals surface area contributed by atoms with Crippen molar-refractivity contribution in [3.8, 4) is 0 Å². The third-order valence-corrected chi connectivity index (χ3v) is 6.47. The Hall–Kier alpha value is -2.57. The first-order valence-corrected chi connectivity index (χ1v) is 12.8. The van der Waals surface area contributed by atoms with Crippen LogP contribution in [-0.4, -0.2) is 42.3 Å². The molecule has 1 aromatic heterocycles. The Balaban J connectivity index is 1.81. The molecular formula is C27H44N4O3. The van der Waals surface area contributed by atoms with Crippen LogP contribution in [0.3, 0.4) is 0 Å². The van der Waals surface area contributed by atoms with E-state index in [-0.39, 0.29) is 11.8 Å². The van der Waals surface area contributed by atoms with Crippen molar-refractivity contribution in [1.82, 2.24) is 15.5 Å². The van der Waals surface area contributed by atoms with E-state index in [0.717, 1.165) is 55.9 Å². The molecular weight excluding hydrogens is 428 g/mol. The molecule has 0 bridgehead atoms. The highest BCUT2D eigenvalue weighted by Gasteiger charge is 2.26. The molecule has 1 atom stereocenters. The maximum atomic E-state index is 12.4. The number of rotatable bonds is 12. The lowest BCUT2D eigenvalue weighted by molar-refractivity contribution is -0.117. The van der Waals surface area contributed by atoms with E-state index in [1.165, 1.54) is 0 Å². The standard InChI is InChI=1S/C27H44N4O3/c1-8-10-21(6)24(26(32)28-9-2)12-11-22(7)33-18-15-20(5)23-13-16-31(17-14-23)27-29-25(19(3)4)30-34-27/h10-12,19-20,23H,8-9,13-18H2,1-7H3,(H,28,32)/b21-10-,22-11+,24-12+. The summed E-state index contributed by atoms with van der Waals surface area (Å²) in [7, 11) is 0. The molecule has 2 rings (SSSR count). The monoisotopic (exact) mass is 472 g/mol. The van der Waals surface area contributed by atoms with Crippen molar-refractivity contribution in [3.63, 3.8) is 0 Å². The fourth-order valence-corrected chi connectivity index (χ4v) is 4.20. The van der Waals surface area contributed by atoms with E-state index >= 15 is 0 Å². The van der Waals surface area contributed by atoms with Gasteiger partial charge in [0.15, 0.2) is 5.82 Å². The van der Waals surface area contributed by atoms with Crippen LogP contribution in [0, 0.1) is 11.8 Å². The lowest BCUT2D eigenvalue weighted by Crippen LogP contribution is -2.36. The number of anilines is 1. The number of likely N-dealkylation sites (N-methyl/N-ethyl adjacent to an activating group) is 1. The van der Waals surface area contributed by atoms with Crippen LogP contribution in [0.25, 0.3) is 0 Å². The largest absolute Gasteiger partial charge is 0.498 e. The van der Waals surface area contributed by atoms with Gasteiger partial charge in [-0.05, 0) is 76.0 Å². The Morgan fingerprint density at radius 1 is 1.21 bits per heavy atom. The number of aromatic nitrogens is 2. The highest BCUT2D eigenvalue weighted by molar-refractivity contribution is 5.97. The SMILES string of the molecule is CC\C=C(C)/C(=C\C=C(/C)OCCC(C)C1CCN(c2nc(C(C)C)no2)CC1)C(=O)NCC. The number of hydrogen-bond donors (Lipinski definition) is 1. The Labute approximate surface area is 205 Å². The van der Waals surface area contributed by atoms with Gasteiger partial charge in [0.2, 0.25) is 0 Å². The molecule has 7 heteroatoms. The molecule has 0 aliphatic carbocycles. The van der Waals surface area contributed by atoms with Gasteiger partial charge in [-0.15, -0.1) is 0 Å². The molecule has 1 aromatic rings. The summed E-state index contributed by atoms with van der Waals surface area (Å²) < 4.78 is 11.4. The Morgan fingerprint density at radius 2 is 1.91 bits per heavy atom. The number of piperidine rings is 1. The van der Waals surface area contributed by atoms with Gasteiger partial charge < -0.3 is 19.5 Å². The highest BCUT2D eigenvalue weighted by atomic mass is 16.5. The van der Waals surface area contributed by atoms with Crippen molar-refractivity contribution in [2.24, 2.45) is 11.8 Å². The molecule has 1 aliphatic rings. The van der Waals surface area contributed by atoms with Crippen molar-refractivity contribution >= 4 is 11.9 Å². The van der Waals surface area contributed by atoms with E-state index in [9.17, 15) is 4.79 Å². The van der Waals surface area contributed by atoms with Crippen LogP contribution in [0.5, 0.6) is 0 Å². The first-order valence-electron chi connectivity index (χ1n) is 12.8. The van der Waals surface area contributed by atoms with E-state index in [1.807, 2.05) is 32.9 Å². The smallest absolute Gasteiger partial charge is 0.324 e. The third kappa shape index (κ3) is 8.33. The van der Waals surface area contributed by atoms with Crippen LogP contribution in [-0.2, 0) is 9.53 Å². The third-order valence-electron chi connectivity index (χ3n) is 6.47. The first-order chi connectivity index (χ1) is 16.3. The van der Waals surface area contributed by atoms with Crippen LogP contribution in [0.4, 0.5) is 6.01 Å². The van der Waals surface area contributed by atoms with Gasteiger partial charge in [-0.2, -0.15) is 4.98 Å². The van der Waals surface area contributed by atoms with E-state index in [1.54, 1.807) is 0 Å². The average Bonchev–Trinajstić information content (AvgIpc) is 3.30. The molecule has 1 amide bonds. The number of nitrogens with zero attached hydrogens (tertiary/aromatic N) is 3. The Kier molecular flexibility index (Phi) is 11.4. The summed E-state index contributed by atoms with van der Waals surface area (Å²) in [6.45, 7) is 17.6. The Bertz CT molecular complexity index is 861. The number of carbonyl (C=O) groups is 1. The average molecular weight is 473 g/mol. The zero-order valence-corrected chi connectivity index (χ0v) is 22.2. The number of allylic oxidation sites excluding steroid dienone is 4. The molecule has 1 fully saturated rings. The molecule has 7 nitrogen and oxygen atoms in total. The van der Waals surface area contributed by atoms with Crippen LogP contribution >= 0.6 is 0 Å². The number of ether oxygens (including phenoxy) is 1. The molecule has 1 unspecified atom stereocenters. The summed E-state index contributed by atoms with van der Waals surface area (Å²) in [4.78, 5) is 19.1. The topological polar surface area (TPSA) is 80.5 Å². The maximum absolute atomic E-state index is 12.4. The van der Waals surface area contributed by atoms with Gasteiger partial charge in [-0.25, -0.2) is 0 Å². The minimum absolute atomic E-state index is 0.0466. The summed E-state index contributed by atoms with van der Waals surface area (Å²) in [5.74, 6) is 3.08. The van der Waals surface area contributed by atoms with Gasteiger partial charge in [0.25, 0.3) is 5.91 Å². The molecule has 34 heavy (non-hydrogen) atoms. The van der Waals surface area contributed by atoms with Gasteiger partial charge in [0.1, 0.15) is 0 Å². The summed E-state index contributed by atoms with van der Waals surface area (Å²) >= 11 is 0. The second-order valence-corrected chi connectivity index (χ2v) is 9.54. The van der Waals surface area contributed by atoms with Crippen LogP contribution in [0.1, 0.15) is 85.9 Å². The summed E-state index contributed by atoms with van der Waals surface area (Å²) in [6.07, 6.45) is 9.98. The van der Waals surface area contributed by atoms with E-state index in [0.29, 0.717) is 36.6 Å². The molecule has 0 saturated carbocycles. The minimum atomic E-state index is -0.0466. The highest BCUT2D eigenvalue weighted by Crippen LogP contribution is 2.29. The predicted octanol–water partition coefficient (Wildman–Crippen LogP) is 5.77. The fraction of sp³-hybridized carbons (Fsp3) is 0.667. The lowest BCUT2D eigenvalue weighted by Gasteiger charge is -2.33. The van der Waals surface area contributed by atoms with Gasteiger partial charge in [-0.1, -0.05) is 38.9 Å². The van der Waals surface area contributed by atoms with Crippen molar-refractivity contribution in [2.45, 2.75) is 80.1 Å². The van der Waals surface area contributed by atoms with Gasteiger partial charge in [-0.3, -0.25) is 4.79 Å². The van der Waals surface area contributed by atoms with Crippen LogP contribution in [0.2, 0.25) is 0 Å². The number of nitrogens with one attached hydrogen (secondary N) is 1. The van der Waals surface area contributed by atoms with Crippen LogP contribution < -0.4 is 10.2 Å². The maximum Gasteiger partial charge on any atom is 0.324 e. The molecule has 0 radical (unpaired) electrons. The summed E-state index contributed by atoms with van der Waals surface area (Å²) in [5.41, 5.74) is 1.67. The fourth-order valence-electron chi connectivity index (χ4n) is 4.20. The normalized spacial score (nSPS) is 17.3. The quantitative estimate of drug-likeness (QED) is 0.236. The zero-order chi connectivity index (χ0) is 25.1. The first kappa shape index (κ1) is 27.7. The van der Waals surface area contributed by atoms with Gasteiger partial charge in [0, 0.05) is 31.1 Å². The summed E-state index contributed by atoms with van der Waals surface area (Å²) in [6, 6.07) is 0.656. The molecule has 0 aromatic carbocycles. The van der Waals surface area contributed by atoms with Gasteiger partial charge >= 0.3 is 6.01 Å². The van der Waals surface area contributed by atoms with Crippen molar-refractivity contribution in [2.75, 3.05) is 31.1 Å². The molecule has 190 valence electrons. The number of carbonyl (C=O) groups excluding carboxylic acids is 1. The van der Waals surface area contributed by atoms with E-state index < -0.39 is 0 Å². The van der Waals surface area contributed by atoms with E-state index in [2.05, 4.69) is 54.1 Å². The van der Waals surface area contributed by atoms with E-state index in [4.69, 9.17) is 9.26 Å². The van der Waals surface area contributed by atoms with Crippen molar-refractivity contribution in [3.05, 3.63) is 41.0 Å². The minimum Gasteiger partial charge on any atom is -0.498 e. The zero-order valence-electron chi connectivity index (χ0n) is 22.2. The second-order valence-electron chi connectivity index (χ2n) is 9.54. The molecule has 1 saturated heterocycles. The predicted molar refractivity (Wildman–Crippen MR) is 138 cm³/mol. The molecule has 1 aliphatic heterocycles. The molecule has 1 N–H and O–H groups in total. The lowest BCUT2D eigenvalue weighted by atomic mass is 9.84. The van der Waals surface area contributed by atoms with Gasteiger partial charge in [0.05, 0.1) is 12.4 Å². The number of hydrogen-bond acceptors (Lipinski definition) is 6. The molecule has 2 heterocycles. The Morgan fingerprint density at radius 3 is 2.50 bits per heavy atom. The number of amides is 1.